The van der Waals surface area contributed by atoms with Gasteiger partial charge in [0.15, 0.2) is 0 Å². The van der Waals surface area contributed by atoms with Crippen LogP contribution in [0.2, 0.25) is 0 Å². The van der Waals surface area contributed by atoms with Crippen molar-refractivity contribution in [2.75, 3.05) is 19.7 Å². The molecule has 0 spiro atoms. The zero-order chi connectivity index (χ0) is 14.3. The molecule has 1 saturated heterocycles. The minimum Gasteiger partial charge on any atom is -0.395 e. The van der Waals surface area contributed by atoms with E-state index in [2.05, 4.69) is 12.2 Å². The first kappa shape index (κ1) is 16.2. The van der Waals surface area contributed by atoms with Gasteiger partial charge in [-0.25, -0.2) is 4.79 Å². The van der Waals surface area contributed by atoms with E-state index in [0.29, 0.717) is 13.1 Å². The van der Waals surface area contributed by atoms with E-state index in [9.17, 15) is 4.79 Å². The molecule has 1 heterocycles. The van der Waals surface area contributed by atoms with E-state index in [4.69, 9.17) is 9.84 Å². The summed E-state index contributed by atoms with van der Waals surface area (Å²) in [5.74, 6) is 0. The molecule has 2 unspecified atom stereocenters. The predicted octanol–water partition coefficient (Wildman–Crippen LogP) is 1.75. The number of ether oxygens (including phenoxy) is 1. The highest BCUT2D eigenvalue weighted by atomic mass is 16.5. The van der Waals surface area contributed by atoms with Crippen molar-refractivity contribution >= 4 is 6.03 Å². The normalized spacial score (nSPS) is 27.1. The second-order valence-electron chi connectivity index (χ2n) is 5.44. The number of nitrogens with one attached hydrogen (secondary N) is 1. The van der Waals surface area contributed by atoms with Crippen molar-refractivity contribution < 1.29 is 14.6 Å². The summed E-state index contributed by atoms with van der Waals surface area (Å²) in [7, 11) is 0. The Labute approximate surface area is 116 Å². The van der Waals surface area contributed by atoms with Gasteiger partial charge in [-0.3, -0.25) is 0 Å². The number of urea groups is 1. The molecule has 0 radical (unpaired) electrons. The Morgan fingerprint density at radius 3 is 2.47 bits per heavy atom. The SMILES string of the molecule is CCCCN(CCO)C(=O)NC1CC(C)OC(C)C1. The van der Waals surface area contributed by atoms with Gasteiger partial charge < -0.3 is 20.1 Å². The number of unbranched alkanes of at least 4 members (excludes halogenated alkanes) is 1. The minimum absolute atomic E-state index is 0.0116. The number of amides is 2. The third kappa shape index (κ3) is 5.78. The van der Waals surface area contributed by atoms with Crippen LogP contribution in [0.3, 0.4) is 0 Å². The number of hydrogen-bond acceptors (Lipinski definition) is 3. The molecule has 2 atom stereocenters. The lowest BCUT2D eigenvalue weighted by Gasteiger charge is -2.34. The first-order chi connectivity index (χ1) is 9.06. The van der Waals surface area contributed by atoms with E-state index in [0.717, 1.165) is 25.7 Å². The van der Waals surface area contributed by atoms with Gasteiger partial charge in [0, 0.05) is 19.1 Å². The van der Waals surface area contributed by atoms with Crippen molar-refractivity contribution in [3.8, 4) is 0 Å². The fourth-order valence-corrected chi connectivity index (χ4v) is 2.57. The second-order valence-corrected chi connectivity index (χ2v) is 5.44. The average molecular weight is 272 g/mol. The van der Waals surface area contributed by atoms with Gasteiger partial charge in [-0.15, -0.1) is 0 Å². The van der Waals surface area contributed by atoms with Gasteiger partial charge >= 0.3 is 6.03 Å². The zero-order valence-corrected chi connectivity index (χ0v) is 12.4. The molecule has 1 rings (SSSR count). The largest absolute Gasteiger partial charge is 0.395 e. The third-order valence-corrected chi connectivity index (χ3v) is 3.46. The Balaban J connectivity index is 2.45. The zero-order valence-electron chi connectivity index (χ0n) is 12.4. The van der Waals surface area contributed by atoms with Crippen molar-refractivity contribution in [2.24, 2.45) is 0 Å². The quantitative estimate of drug-likeness (QED) is 0.774. The topological polar surface area (TPSA) is 61.8 Å². The van der Waals surface area contributed by atoms with E-state index in [-0.39, 0.29) is 30.9 Å². The van der Waals surface area contributed by atoms with Gasteiger partial charge in [-0.05, 0) is 33.1 Å². The van der Waals surface area contributed by atoms with Crippen LogP contribution in [0.15, 0.2) is 0 Å². The maximum absolute atomic E-state index is 12.2. The molecule has 2 N–H and O–H groups in total. The van der Waals surface area contributed by atoms with Crippen LogP contribution in [0.1, 0.15) is 46.5 Å². The van der Waals surface area contributed by atoms with Gasteiger partial charge in [-0.1, -0.05) is 13.3 Å². The van der Waals surface area contributed by atoms with Crippen LogP contribution in [0, 0.1) is 0 Å². The van der Waals surface area contributed by atoms with Gasteiger partial charge in [0.25, 0.3) is 0 Å². The fraction of sp³-hybridized carbons (Fsp3) is 0.929. The van der Waals surface area contributed by atoms with E-state index >= 15 is 0 Å². The van der Waals surface area contributed by atoms with Gasteiger partial charge in [0.05, 0.1) is 18.8 Å². The molecule has 5 nitrogen and oxygen atoms in total. The Morgan fingerprint density at radius 1 is 1.32 bits per heavy atom. The van der Waals surface area contributed by atoms with E-state index in [1.807, 2.05) is 13.8 Å². The van der Waals surface area contributed by atoms with Crippen LogP contribution >= 0.6 is 0 Å². The summed E-state index contributed by atoms with van der Waals surface area (Å²) >= 11 is 0. The van der Waals surface area contributed by atoms with Crippen LogP contribution in [-0.2, 0) is 4.74 Å². The van der Waals surface area contributed by atoms with Crippen LogP contribution < -0.4 is 5.32 Å². The maximum atomic E-state index is 12.2. The summed E-state index contributed by atoms with van der Waals surface area (Å²) < 4.78 is 5.67. The van der Waals surface area contributed by atoms with Crippen molar-refractivity contribution in [1.29, 1.82) is 0 Å². The summed E-state index contributed by atoms with van der Waals surface area (Å²) in [6, 6.07) is 0.114. The lowest BCUT2D eigenvalue weighted by Crippen LogP contribution is -2.50. The molecule has 1 aliphatic heterocycles. The van der Waals surface area contributed by atoms with Crippen LogP contribution in [0.5, 0.6) is 0 Å². The van der Waals surface area contributed by atoms with Crippen molar-refractivity contribution in [1.82, 2.24) is 10.2 Å². The van der Waals surface area contributed by atoms with E-state index in [1.165, 1.54) is 0 Å². The molecule has 0 aliphatic carbocycles. The lowest BCUT2D eigenvalue weighted by atomic mass is 10.00. The molecule has 1 aliphatic rings. The summed E-state index contributed by atoms with van der Waals surface area (Å²) in [6.45, 7) is 7.29. The predicted molar refractivity (Wildman–Crippen MR) is 75.1 cm³/mol. The minimum atomic E-state index is -0.0613. The summed E-state index contributed by atoms with van der Waals surface area (Å²) in [6.07, 6.45) is 4.11. The van der Waals surface area contributed by atoms with E-state index in [1.54, 1.807) is 4.90 Å². The van der Waals surface area contributed by atoms with Crippen LogP contribution in [0.4, 0.5) is 4.79 Å². The highest BCUT2D eigenvalue weighted by molar-refractivity contribution is 5.74. The average Bonchev–Trinajstić information content (AvgIpc) is 2.33. The maximum Gasteiger partial charge on any atom is 0.317 e. The highest BCUT2D eigenvalue weighted by Gasteiger charge is 2.26. The van der Waals surface area contributed by atoms with Gasteiger partial charge in [0.2, 0.25) is 0 Å². The molecule has 112 valence electrons. The lowest BCUT2D eigenvalue weighted by molar-refractivity contribution is -0.0407. The molecule has 0 aromatic rings. The number of aliphatic hydroxyl groups is 1. The van der Waals surface area contributed by atoms with Gasteiger partial charge in [-0.2, -0.15) is 0 Å². The summed E-state index contributed by atoms with van der Waals surface area (Å²) in [5, 5.41) is 12.1. The standard InChI is InChI=1S/C14H28N2O3/c1-4-5-6-16(7-8-17)14(18)15-13-9-11(2)19-12(3)10-13/h11-13,17H,4-10H2,1-3H3,(H,15,18). The Morgan fingerprint density at radius 2 is 1.95 bits per heavy atom. The van der Waals surface area contributed by atoms with Crippen molar-refractivity contribution in [3.63, 3.8) is 0 Å². The fourth-order valence-electron chi connectivity index (χ4n) is 2.57. The number of hydrogen-bond donors (Lipinski definition) is 2. The van der Waals surface area contributed by atoms with Crippen LogP contribution in [-0.4, -0.2) is 54.0 Å². The van der Waals surface area contributed by atoms with E-state index < -0.39 is 0 Å². The number of nitrogens with zero attached hydrogens (tertiary/aromatic N) is 1. The Hall–Kier alpha value is -0.810. The third-order valence-electron chi connectivity index (χ3n) is 3.46. The smallest absolute Gasteiger partial charge is 0.317 e. The molecule has 2 amide bonds. The summed E-state index contributed by atoms with van der Waals surface area (Å²) in [5.41, 5.74) is 0. The second kappa shape index (κ2) is 8.38. The van der Waals surface area contributed by atoms with Crippen molar-refractivity contribution in [3.05, 3.63) is 0 Å². The molecule has 19 heavy (non-hydrogen) atoms. The first-order valence-electron chi connectivity index (χ1n) is 7.38. The molecule has 0 aromatic heterocycles. The number of carbonyl (C=O) groups excluding carboxylic acids is 1. The molecule has 5 heteroatoms. The molecule has 0 aromatic carbocycles. The highest BCUT2D eigenvalue weighted by Crippen LogP contribution is 2.19. The van der Waals surface area contributed by atoms with Gasteiger partial charge in [0.1, 0.15) is 0 Å². The molecule has 0 bridgehead atoms. The Bertz CT molecular complexity index is 263. The Kier molecular flexibility index (Phi) is 7.16. The van der Waals surface area contributed by atoms with Crippen LogP contribution in [0.25, 0.3) is 0 Å². The monoisotopic (exact) mass is 272 g/mol. The number of aliphatic hydroxyl groups excluding tert-OH is 1. The molecular formula is C14H28N2O3. The first-order valence-corrected chi connectivity index (χ1v) is 7.38. The number of rotatable bonds is 6. The molecule has 1 fully saturated rings. The number of carbonyl (C=O) groups is 1. The summed E-state index contributed by atoms with van der Waals surface area (Å²) in [4.78, 5) is 13.9. The molecular weight excluding hydrogens is 244 g/mol. The van der Waals surface area contributed by atoms with Crippen molar-refractivity contribution in [2.45, 2.75) is 64.7 Å². The molecule has 0 saturated carbocycles.